The number of ether oxygens (including phenoxy) is 1. The molecule has 6 heteroatoms. The molecule has 0 aromatic heterocycles. The molecule has 0 saturated carbocycles. The number of carbonyl (C=O) groups excluding carboxylic acids is 1. The van der Waals surface area contributed by atoms with Crippen LogP contribution in [-0.2, 0) is 16.1 Å². The van der Waals surface area contributed by atoms with Crippen LogP contribution in [0.25, 0.3) is 0 Å². The van der Waals surface area contributed by atoms with E-state index < -0.39 is 11.9 Å². The van der Waals surface area contributed by atoms with Gasteiger partial charge in [0.05, 0.1) is 18.8 Å². The molecular weight excluding hydrogens is 358 g/mol. The number of hydrogen-bond acceptors (Lipinski definition) is 4. The fourth-order valence-electron chi connectivity index (χ4n) is 1.96. The van der Waals surface area contributed by atoms with Crippen molar-refractivity contribution in [1.29, 1.82) is 5.26 Å². The molecule has 2 aromatic rings. The maximum absolute atomic E-state index is 11.6. The van der Waals surface area contributed by atoms with Gasteiger partial charge in [0.1, 0.15) is 12.1 Å². The molecule has 1 atom stereocenters. The minimum Gasteiger partial charge on any atom is -0.374 e. The number of rotatable bonds is 7. The highest BCUT2D eigenvalue weighted by Crippen LogP contribution is 2.21. The zero-order valence-electron chi connectivity index (χ0n) is 12.3. The molecule has 2 rings (SSSR count). The molecule has 0 aliphatic heterocycles. The lowest BCUT2D eigenvalue weighted by molar-refractivity contribution is -0.120. The Balaban J connectivity index is 1.95. The first-order valence-corrected chi connectivity index (χ1v) is 7.76. The lowest BCUT2D eigenvalue weighted by Crippen LogP contribution is -2.39. The van der Waals surface area contributed by atoms with Crippen LogP contribution >= 0.6 is 15.9 Å². The van der Waals surface area contributed by atoms with E-state index in [2.05, 4.69) is 27.3 Å². The molecule has 1 amide bonds. The molecule has 0 radical (unpaired) electrons. The number of halogens is 1. The number of nitriles is 1. The van der Waals surface area contributed by atoms with Crippen molar-refractivity contribution in [3.05, 3.63) is 64.1 Å². The highest BCUT2D eigenvalue weighted by atomic mass is 79.9. The van der Waals surface area contributed by atoms with E-state index in [0.29, 0.717) is 22.3 Å². The standard InChI is InChI=1S/C17H16BrN3O2/c18-15-8-14(7-6-13(15)9-19)21-16(17(20)22)11-23-10-12-4-2-1-3-5-12/h1-8,16,21H,10-11H2,(H2,20,22)/t16-/m1/s1. The number of primary amides is 1. The van der Waals surface area contributed by atoms with Gasteiger partial charge in [0, 0.05) is 10.2 Å². The Labute approximate surface area is 143 Å². The monoisotopic (exact) mass is 373 g/mol. The molecule has 0 aliphatic carbocycles. The topological polar surface area (TPSA) is 88.1 Å². The van der Waals surface area contributed by atoms with Gasteiger partial charge < -0.3 is 15.8 Å². The lowest BCUT2D eigenvalue weighted by atomic mass is 10.2. The average molecular weight is 374 g/mol. The molecule has 0 aliphatic rings. The summed E-state index contributed by atoms with van der Waals surface area (Å²) in [6.45, 7) is 0.561. The fourth-order valence-corrected chi connectivity index (χ4v) is 2.43. The summed E-state index contributed by atoms with van der Waals surface area (Å²) in [6, 6.07) is 16.2. The number of nitrogens with two attached hydrogens (primary N) is 1. The van der Waals surface area contributed by atoms with Crippen LogP contribution in [0, 0.1) is 11.3 Å². The van der Waals surface area contributed by atoms with Gasteiger partial charge in [0.15, 0.2) is 0 Å². The fraction of sp³-hybridized carbons (Fsp3) is 0.176. The van der Waals surface area contributed by atoms with Crippen LogP contribution < -0.4 is 11.1 Å². The zero-order valence-corrected chi connectivity index (χ0v) is 13.9. The Bertz CT molecular complexity index is 714. The molecule has 0 spiro atoms. The molecule has 0 unspecified atom stereocenters. The molecule has 0 heterocycles. The first-order chi connectivity index (χ1) is 11.1. The van der Waals surface area contributed by atoms with Crippen LogP contribution in [0.1, 0.15) is 11.1 Å². The molecule has 0 bridgehead atoms. The second-order valence-electron chi connectivity index (χ2n) is 4.91. The van der Waals surface area contributed by atoms with E-state index in [4.69, 9.17) is 15.7 Å². The van der Waals surface area contributed by atoms with E-state index >= 15 is 0 Å². The Kier molecular flexibility index (Phi) is 6.15. The smallest absolute Gasteiger partial charge is 0.242 e. The normalized spacial score (nSPS) is 11.5. The van der Waals surface area contributed by atoms with Crippen LogP contribution in [0.2, 0.25) is 0 Å². The molecular formula is C17H16BrN3O2. The van der Waals surface area contributed by atoms with Crippen molar-refractivity contribution in [2.45, 2.75) is 12.6 Å². The molecule has 118 valence electrons. The largest absolute Gasteiger partial charge is 0.374 e. The first-order valence-electron chi connectivity index (χ1n) is 6.97. The van der Waals surface area contributed by atoms with Crippen molar-refractivity contribution in [2.75, 3.05) is 11.9 Å². The van der Waals surface area contributed by atoms with E-state index in [1.807, 2.05) is 30.3 Å². The van der Waals surface area contributed by atoms with E-state index in [-0.39, 0.29) is 6.61 Å². The van der Waals surface area contributed by atoms with E-state index in [9.17, 15) is 4.79 Å². The Morgan fingerprint density at radius 1 is 1.30 bits per heavy atom. The van der Waals surface area contributed by atoms with Gasteiger partial charge in [-0.05, 0) is 39.7 Å². The van der Waals surface area contributed by atoms with Gasteiger partial charge in [-0.2, -0.15) is 5.26 Å². The van der Waals surface area contributed by atoms with Crippen LogP contribution in [0.3, 0.4) is 0 Å². The maximum Gasteiger partial charge on any atom is 0.242 e. The summed E-state index contributed by atoms with van der Waals surface area (Å²) in [6.07, 6.45) is 0. The molecule has 0 fully saturated rings. The second-order valence-corrected chi connectivity index (χ2v) is 5.76. The molecule has 5 nitrogen and oxygen atoms in total. The van der Waals surface area contributed by atoms with E-state index in [1.165, 1.54) is 0 Å². The number of hydrogen-bond donors (Lipinski definition) is 2. The summed E-state index contributed by atoms with van der Waals surface area (Å²) in [4.78, 5) is 11.6. The van der Waals surface area contributed by atoms with Crippen molar-refractivity contribution >= 4 is 27.5 Å². The quantitative estimate of drug-likeness (QED) is 0.780. The SMILES string of the molecule is N#Cc1ccc(N[C@H](COCc2ccccc2)C(N)=O)cc1Br. The summed E-state index contributed by atoms with van der Waals surface area (Å²) in [5, 5.41) is 11.9. The third-order valence-corrected chi connectivity index (χ3v) is 3.83. The van der Waals surface area contributed by atoms with Crippen molar-refractivity contribution in [1.82, 2.24) is 0 Å². The summed E-state index contributed by atoms with van der Waals surface area (Å²) in [7, 11) is 0. The summed E-state index contributed by atoms with van der Waals surface area (Å²) in [5.74, 6) is -0.501. The second kappa shape index (κ2) is 8.32. The summed E-state index contributed by atoms with van der Waals surface area (Å²) < 4.78 is 6.21. The predicted octanol–water partition coefficient (Wildman–Crippen LogP) is 2.80. The summed E-state index contributed by atoms with van der Waals surface area (Å²) in [5.41, 5.74) is 7.64. The van der Waals surface area contributed by atoms with Crippen LogP contribution in [0.5, 0.6) is 0 Å². The molecule has 2 aromatic carbocycles. The number of carbonyl (C=O) groups is 1. The minimum absolute atomic E-state index is 0.155. The van der Waals surface area contributed by atoms with Gasteiger partial charge in [-0.15, -0.1) is 0 Å². The Morgan fingerprint density at radius 3 is 2.65 bits per heavy atom. The van der Waals surface area contributed by atoms with Crippen molar-refractivity contribution in [3.63, 3.8) is 0 Å². The van der Waals surface area contributed by atoms with Crippen molar-refractivity contribution in [2.24, 2.45) is 5.73 Å². The van der Waals surface area contributed by atoms with Gasteiger partial charge in [-0.1, -0.05) is 30.3 Å². The number of nitrogens with zero attached hydrogens (tertiary/aromatic N) is 1. The van der Waals surface area contributed by atoms with Gasteiger partial charge in [-0.3, -0.25) is 4.79 Å². The van der Waals surface area contributed by atoms with Crippen molar-refractivity contribution in [3.8, 4) is 6.07 Å². The van der Waals surface area contributed by atoms with Gasteiger partial charge in [-0.25, -0.2) is 0 Å². The Morgan fingerprint density at radius 2 is 2.04 bits per heavy atom. The molecule has 3 N–H and O–H groups in total. The van der Waals surface area contributed by atoms with Crippen LogP contribution in [0.15, 0.2) is 53.0 Å². The number of nitrogens with one attached hydrogen (secondary N) is 1. The van der Waals surface area contributed by atoms with Gasteiger partial charge >= 0.3 is 0 Å². The third kappa shape index (κ3) is 5.09. The number of benzene rings is 2. The average Bonchev–Trinajstić information content (AvgIpc) is 2.55. The van der Waals surface area contributed by atoms with E-state index in [0.717, 1.165) is 5.56 Å². The lowest BCUT2D eigenvalue weighted by Gasteiger charge is -2.17. The van der Waals surface area contributed by atoms with Gasteiger partial charge in [0.25, 0.3) is 0 Å². The first kappa shape index (κ1) is 17.0. The van der Waals surface area contributed by atoms with Crippen molar-refractivity contribution < 1.29 is 9.53 Å². The van der Waals surface area contributed by atoms with Crippen LogP contribution in [0.4, 0.5) is 5.69 Å². The maximum atomic E-state index is 11.6. The molecule has 0 saturated heterocycles. The summed E-state index contributed by atoms with van der Waals surface area (Å²) >= 11 is 3.31. The minimum atomic E-state index is -0.654. The highest BCUT2D eigenvalue weighted by Gasteiger charge is 2.16. The number of amides is 1. The molecule has 23 heavy (non-hydrogen) atoms. The van der Waals surface area contributed by atoms with E-state index in [1.54, 1.807) is 18.2 Å². The number of anilines is 1. The Hall–Kier alpha value is -2.36. The van der Waals surface area contributed by atoms with Crippen LogP contribution in [-0.4, -0.2) is 18.6 Å². The highest BCUT2D eigenvalue weighted by molar-refractivity contribution is 9.10. The predicted molar refractivity (Wildman–Crippen MR) is 91.6 cm³/mol. The zero-order chi connectivity index (χ0) is 16.7. The third-order valence-electron chi connectivity index (χ3n) is 3.17. The van der Waals surface area contributed by atoms with Gasteiger partial charge in [0.2, 0.25) is 5.91 Å².